The van der Waals surface area contributed by atoms with Gasteiger partial charge in [0.2, 0.25) is 0 Å². The molecule has 4 aromatic carbocycles. The maximum Gasteiger partial charge on any atom is 0.0965 e. The zero-order valence-corrected chi connectivity index (χ0v) is 22.4. The van der Waals surface area contributed by atoms with E-state index in [1.54, 1.807) is 0 Å². The molecule has 3 nitrogen and oxygen atoms in total. The van der Waals surface area contributed by atoms with Gasteiger partial charge in [0, 0.05) is 20.1 Å². The lowest BCUT2D eigenvalue weighted by Gasteiger charge is -2.11. The van der Waals surface area contributed by atoms with Gasteiger partial charge in [-0.05, 0) is 60.7 Å². The summed E-state index contributed by atoms with van der Waals surface area (Å²) in [6, 6.07) is 42.2. The van der Waals surface area contributed by atoms with Crippen LogP contribution < -0.4 is 0 Å². The fourth-order valence-corrected chi connectivity index (χ4v) is 4.25. The van der Waals surface area contributed by atoms with Crippen LogP contribution in [0.25, 0.3) is 0 Å². The van der Waals surface area contributed by atoms with Crippen LogP contribution in [0.2, 0.25) is 0 Å². The first-order valence-corrected chi connectivity index (χ1v) is 13.0. The van der Waals surface area contributed by atoms with Gasteiger partial charge < -0.3 is 0 Å². The first kappa shape index (κ1) is 24.0. The summed E-state index contributed by atoms with van der Waals surface area (Å²) < 4.78 is 2.03. The van der Waals surface area contributed by atoms with Crippen molar-refractivity contribution in [3.63, 3.8) is 0 Å². The molecule has 5 aromatic rings. The van der Waals surface area contributed by atoms with E-state index >= 15 is 0 Å². The second kappa shape index (κ2) is 11.4. The number of aromatic nitrogens is 1. The van der Waals surface area contributed by atoms with Crippen molar-refractivity contribution >= 4 is 54.7 Å². The van der Waals surface area contributed by atoms with Crippen molar-refractivity contribution in [2.24, 2.45) is 9.98 Å². The predicted molar refractivity (Wildman–Crippen MR) is 156 cm³/mol. The molecule has 5 heteroatoms. The van der Waals surface area contributed by atoms with E-state index in [0.717, 1.165) is 54.3 Å². The van der Waals surface area contributed by atoms with Gasteiger partial charge in [0.25, 0.3) is 0 Å². The minimum atomic E-state index is 0.779. The maximum atomic E-state index is 5.07. The van der Waals surface area contributed by atoms with Gasteiger partial charge in [0.15, 0.2) is 0 Å². The molecule has 0 radical (unpaired) electrons. The number of rotatable bonds is 6. The van der Waals surface area contributed by atoms with Crippen molar-refractivity contribution in [2.45, 2.75) is 0 Å². The third-order valence-corrected chi connectivity index (χ3v) is 6.52. The summed E-state index contributed by atoms with van der Waals surface area (Å²) in [5.74, 6) is 0. The van der Waals surface area contributed by atoms with Gasteiger partial charge >= 0.3 is 0 Å². The van der Waals surface area contributed by atoms with Gasteiger partial charge in [-0.15, -0.1) is 0 Å². The van der Waals surface area contributed by atoms with Gasteiger partial charge in [0.1, 0.15) is 0 Å². The van der Waals surface area contributed by atoms with Crippen LogP contribution in [-0.2, 0) is 0 Å². The number of pyridine rings is 1. The molecule has 5 rings (SSSR count). The Bertz CT molecular complexity index is 1400. The predicted octanol–water partition coefficient (Wildman–Crippen LogP) is 8.94. The van der Waals surface area contributed by atoms with E-state index < -0.39 is 0 Å². The number of aliphatic imine (C=N–C) groups is 2. The first-order chi connectivity index (χ1) is 17.7. The maximum absolute atomic E-state index is 5.07. The Labute approximate surface area is 227 Å². The van der Waals surface area contributed by atoms with E-state index in [9.17, 15) is 0 Å². The van der Waals surface area contributed by atoms with Crippen LogP contribution in [0.4, 0.5) is 11.4 Å². The van der Waals surface area contributed by atoms with Gasteiger partial charge in [-0.3, -0.25) is 0 Å². The van der Waals surface area contributed by atoms with Gasteiger partial charge in [-0.1, -0.05) is 98.6 Å². The molecule has 0 saturated carbocycles. The molecule has 0 spiro atoms. The van der Waals surface area contributed by atoms with Crippen LogP contribution in [0.1, 0.15) is 22.5 Å². The highest BCUT2D eigenvalue weighted by Crippen LogP contribution is 2.23. The van der Waals surface area contributed by atoms with E-state index in [-0.39, 0.29) is 0 Å². The van der Waals surface area contributed by atoms with Crippen LogP contribution in [0.5, 0.6) is 0 Å². The SMILES string of the molecule is Brc1ccc(N=C(c2ccccc2)c2cccc(C(=Nc3ccc(Br)cc3)c3ccccc3)n2)cc1. The first-order valence-electron chi connectivity index (χ1n) is 11.4. The third kappa shape index (κ3) is 5.93. The van der Waals surface area contributed by atoms with Crippen LogP contribution in [0.3, 0.4) is 0 Å². The van der Waals surface area contributed by atoms with E-state index in [4.69, 9.17) is 15.0 Å². The molecule has 0 bridgehead atoms. The normalized spacial score (nSPS) is 11.9. The minimum Gasteiger partial charge on any atom is -0.246 e. The monoisotopic (exact) mass is 593 g/mol. The number of benzene rings is 4. The quantitative estimate of drug-likeness (QED) is 0.181. The molecule has 36 heavy (non-hydrogen) atoms. The van der Waals surface area contributed by atoms with E-state index in [2.05, 4.69) is 56.1 Å². The standard InChI is InChI=1S/C31H21Br2N3/c32-24-14-18-26(19-15-24)34-30(22-8-3-1-4-9-22)28-12-7-13-29(36-28)31(23-10-5-2-6-11-23)35-27-20-16-25(33)17-21-27/h1-21H. The van der Waals surface area contributed by atoms with E-state index in [0.29, 0.717) is 0 Å². The summed E-state index contributed by atoms with van der Waals surface area (Å²) in [6.45, 7) is 0. The van der Waals surface area contributed by atoms with Crippen LogP contribution in [0, 0.1) is 0 Å². The number of hydrogen-bond acceptors (Lipinski definition) is 3. The number of halogens is 2. The Balaban J connectivity index is 1.65. The molecule has 0 aliphatic carbocycles. The summed E-state index contributed by atoms with van der Waals surface area (Å²) in [5.41, 5.74) is 6.87. The third-order valence-electron chi connectivity index (χ3n) is 5.46. The molecule has 1 heterocycles. The lowest BCUT2D eigenvalue weighted by molar-refractivity contribution is 1.24. The largest absolute Gasteiger partial charge is 0.246 e. The smallest absolute Gasteiger partial charge is 0.0965 e. The topological polar surface area (TPSA) is 37.6 Å². The summed E-state index contributed by atoms with van der Waals surface area (Å²) in [7, 11) is 0. The fraction of sp³-hybridized carbons (Fsp3) is 0. The Morgan fingerprint density at radius 1 is 0.444 bits per heavy atom. The molecule has 174 valence electrons. The van der Waals surface area contributed by atoms with Crippen molar-refractivity contribution < 1.29 is 0 Å². The summed E-state index contributed by atoms with van der Waals surface area (Å²) in [4.78, 5) is 15.1. The summed E-state index contributed by atoms with van der Waals surface area (Å²) in [5, 5.41) is 0. The Kier molecular flexibility index (Phi) is 7.60. The average molecular weight is 595 g/mol. The number of nitrogens with zero attached hydrogens (tertiary/aromatic N) is 3. The van der Waals surface area contributed by atoms with Crippen molar-refractivity contribution in [2.75, 3.05) is 0 Å². The zero-order valence-electron chi connectivity index (χ0n) is 19.2. The molecule has 0 amide bonds. The average Bonchev–Trinajstić information content (AvgIpc) is 2.93. The lowest BCUT2D eigenvalue weighted by Crippen LogP contribution is -2.11. The van der Waals surface area contributed by atoms with Gasteiger partial charge in [0.05, 0.1) is 34.2 Å². The summed E-state index contributed by atoms with van der Waals surface area (Å²) >= 11 is 7.01. The van der Waals surface area contributed by atoms with Gasteiger partial charge in [-0.2, -0.15) is 0 Å². The molecule has 1 aromatic heterocycles. The fourth-order valence-electron chi connectivity index (χ4n) is 3.72. The van der Waals surface area contributed by atoms with Crippen molar-refractivity contribution in [3.05, 3.63) is 159 Å². The molecular weight excluding hydrogens is 574 g/mol. The van der Waals surface area contributed by atoms with Crippen molar-refractivity contribution in [1.29, 1.82) is 0 Å². The second-order valence-electron chi connectivity index (χ2n) is 8.01. The van der Waals surface area contributed by atoms with Crippen LogP contribution >= 0.6 is 31.9 Å². The van der Waals surface area contributed by atoms with Gasteiger partial charge in [-0.25, -0.2) is 15.0 Å². The molecular formula is C31H21Br2N3. The molecule has 0 N–H and O–H groups in total. The van der Waals surface area contributed by atoms with E-state index in [1.807, 2.05) is 103 Å². The van der Waals surface area contributed by atoms with E-state index in [1.165, 1.54) is 0 Å². The minimum absolute atomic E-state index is 0.779. The van der Waals surface area contributed by atoms with Crippen molar-refractivity contribution in [3.8, 4) is 0 Å². The summed E-state index contributed by atoms with van der Waals surface area (Å²) in [6.07, 6.45) is 0. The molecule has 0 fully saturated rings. The molecule has 0 aliphatic rings. The Morgan fingerprint density at radius 2 is 0.833 bits per heavy atom. The highest BCUT2D eigenvalue weighted by Gasteiger charge is 2.14. The van der Waals surface area contributed by atoms with Crippen LogP contribution in [-0.4, -0.2) is 16.4 Å². The molecule has 0 saturated heterocycles. The highest BCUT2D eigenvalue weighted by molar-refractivity contribution is 9.10. The van der Waals surface area contributed by atoms with Crippen molar-refractivity contribution in [1.82, 2.24) is 4.98 Å². The molecule has 0 aliphatic heterocycles. The molecule has 0 unspecified atom stereocenters. The number of hydrogen-bond donors (Lipinski definition) is 0. The Hall–Kier alpha value is -3.67. The lowest BCUT2D eigenvalue weighted by atomic mass is 10.0. The zero-order chi connectivity index (χ0) is 24.7. The second-order valence-corrected chi connectivity index (χ2v) is 9.85. The van der Waals surface area contributed by atoms with Crippen LogP contribution in [0.15, 0.2) is 146 Å². The molecule has 0 atom stereocenters. The Morgan fingerprint density at radius 3 is 1.22 bits per heavy atom. The highest BCUT2D eigenvalue weighted by atomic mass is 79.9.